The quantitative estimate of drug-likeness (QED) is 0.653. The maximum absolute atomic E-state index is 11.3. The third-order valence-corrected chi connectivity index (χ3v) is 3.50. The second-order valence-electron chi connectivity index (χ2n) is 4.82. The monoisotopic (exact) mass is 244 g/mol. The lowest BCUT2D eigenvalue weighted by Crippen LogP contribution is -2.51. The molecule has 0 spiro atoms. The molecule has 0 aliphatic heterocycles. The summed E-state index contributed by atoms with van der Waals surface area (Å²) in [6, 6.07) is 0. The number of nitrogens with one attached hydrogen (secondary N) is 1. The first-order valence-electron chi connectivity index (χ1n) is 6.26. The van der Waals surface area contributed by atoms with E-state index in [2.05, 4.69) is 10.2 Å². The molecule has 0 bridgehead atoms. The first-order valence-corrected chi connectivity index (χ1v) is 6.26. The number of ether oxygens (including phenoxy) is 1. The summed E-state index contributed by atoms with van der Waals surface area (Å²) in [5.74, 6) is -0.699. The number of hydrogen-bond acceptors (Lipinski definition) is 4. The van der Waals surface area contributed by atoms with E-state index < -0.39 is 11.5 Å². The molecule has 0 aromatic carbocycles. The summed E-state index contributed by atoms with van der Waals surface area (Å²) in [6.07, 6.45) is 3.53. The van der Waals surface area contributed by atoms with Gasteiger partial charge in [-0.05, 0) is 19.9 Å². The topological polar surface area (TPSA) is 61.8 Å². The summed E-state index contributed by atoms with van der Waals surface area (Å²) in [6.45, 7) is 3.14. The highest BCUT2D eigenvalue weighted by Crippen LogP contribution is 2.29. The second kappa shape index (κ2) is 6.93. The van der Waals surface area contributed by atoms with Crippen LogP contribution in [0.2, 0.25) is 0 Å². The molecule has 17 heavy (non-hydrogen) atoms. The van der Waals surface area contributed by atoms with Crippen LogP contribution in [0.25, 0.3) is 0 Å². The van der Waals surface area contributed by atoms with E-state index in [0.29, 0.717) is 13.2 Å². The molecule has 100 valence electrons. The molecule has 0 radical (unpaired) electrons. The third kappa shape index (κ3) is 4.26. The van der Waals surface area contributed by atoms with Crippen molar-refractivity contribution >= 4 is 5.97 Å². The summed E-state index contributed by atoms with van der Waals surface area (Å²) in [5.41, 5.74) is -0.665. The fourth-order valence-corrected chi connectivity index (χ4v) is 2.29. The molecule has 1 saturated carbocycles. The zero-order valence-corrected chi connectivity index (χ0v) is 10.9. The Balaban J connectivity index is 2.26. The van der Waals surface area contributed by atoms with E-state index in [-0.39, 0.29) is 0 Å². The number of rotatable bonds is 8. The van der Waals surface area contributed by atoms with Crippen LogP contribution < -0.4 is 5.32 Å². The van der Waals surface area contributed by atoms with Crippen LogP contribution in [-0.4, -0.2) is 61.9 Å². The Morgan fingerprint density at radius 2 is 2.06 bits per heavy atom. The Labute approximate surface area is 103 Å². The smallest absolute Gasteiger partial charge is 0.323 e. The summed E-state index contributed by atoms with van der Waals surface area (Å²) in [4.78, 5) is 13.4. The Bertz CT molecular complexity index is 240. The molecular weight excluding hydrogens is 220 g/mol. The van der Waals surface area contributed by atoms with Crippen molar-refractivity contribution in [2.24, 2.45) is 0 Å². The van der Waals surface area contributed by atoms with Gasteiger partial charge >= 0.3 is 5.97 Å². The van der Waals surface area contributed by atoms with Gasteiger partial charge in [0.05, 0.1) is 6.61 Å². The molecule has 1 aliphatic carbocycles. The fraction of sp³-hybridized carbons (Fsp3) is 0.917. The largest absolute Gasteiger partial charge is 0.480 e. The zero-order chi connectivity index (χ0) is 12.7. The van der Waals surface area contributed by atoms with Gasteiger partial charge in [-0.25, -0.2) is 0 Å². The third-order valence-electron chi connectivity index (χ3n) is 3.50. The number of nitrogens with zero attached hydrogens (tertiary/aromatic N) is 1. The normalized spacial score (nSPS) is 18.8. The molecule has 1 aliphatic rings. The van der Waals surface area contributed by atoms with Crippen molar-refractivity contribution in [1.29, 1.82) is 0 Å². The minimum absolute atomic E-state index is 0.665. The predicted molar refractivity (Wildman–Crippen MR) is 66.2 cm³/mol. The zero-order valence-electron chi connectivity index (χ0n) is 10.9. The van der Waals surface area contributed by atoms with Crippen LogP contribution in [-0.2, 0) is 9.53 Å². The van der Waals surface area contributed by atoms with E-state index >= 15 is 0 Å². The van der Waals surface area contributed by atoms with Crippen molar-refractivity contribution in [2.75, 3.05) is 40.4 Å². The van der Waals surface area contributed by atoms with E-state index in [4.69, 9.17) is 4.74 Å². The van der Waals surface area contributed by atoms with Gasteiger partial charge in [0.1, 0.15) is 5.54 Å². The predicted octanol–water partition coefficient (Wildman–Crippen LogP) is 0.552. The van der Waals surface area contributed by atoms with Gasteiger partial charge in [0.25, 0.3) is 0 Å². The van der Waals surface area contributed by atoms with Gasteiger partial charge in [-0.1, -0.05) is 12.8 Å². The maximum atomic E-state index is 11.3. The number of aliphatic carboxylic acids is 1. The highest BCUT2D eigenvalue weighted by Gasteiger charge is 2.40. The molecule has 0 atom stereocenters. The van der Waals surface area contributed by atoms with Crippen LogP contribution in [0, 0.1) is 0 Å². The van der Waals surface area contributed by atoms with Crippen LogP contribution in [0.3, 0.4) is 0 Å². The Morgan fingerprint density at radius 3 is 2.59 bits per heavy atom. The van der Waals surface area contributed by atoms with Crippen molar-refractivity contribution in [3.63, 3.8) is 0 Å². The molecule has 1 fully saturated rings. The second-order valence-corrected chi connectivity index (χ2v) is 4.82. The van der Waals surface area contributed by atoms with E-state index in [9.17, 15) is 9.90 Å². The first-order chi connectivity index (χ1) is 8.10. The lowest BCUT2D eigenvalue weighted by atomic mass is 9.98. The van der Waals surface area contributed by atoms with Crippen LogP contribution in [0.4, 0.5) is 0 Å². The fourth-order valence-electron chi connectivity index (χ4n) is 2.29. The van der Waals surface area contributed by atoms with Gasteiger partial charge in [0.15, 0.2) is 0 Å². The molecule has 5 nitrogen and oxygen atoms in total. The van der Waals surface area contributed by atoms with Crippen molar-refractivity contribution in [3.8, 4) is 0 Å². The maximum Gasteiger partial charge on any atom is 0.323 e. The average Bonchev–Trinajstić information content (AvgIpc) is 2.76. The molecule has 2 N–H and O–H groups in total. The van der Waals surface area contributed by atoms with E-state index in [1.54, 1.807) is 7.11 Å². The number of carboxylic acids is 1. The van der Waals surface area contributed by atoms with E-state index in [0.717, 1.165) is 38.8 Å². The van der Waals surface area contributed by atoms with Crippen molar-refractivity contribution < 1.29 is 14.6 Å². The van der Waals surface area contributed by atoms with Crippen molar-refractivity contribution in [3.05, 3.63) is 0 Å². The lowest BCUT2D eigenvalue weighted by molar-refractivity contribution is -0.144. The van der Waals surface area contributed by atoms with Gasteiger partial charge in [-0.15, -0.1) is 0 Å². The van der Waals surface area contributed by atoms with Crippen LogP contribution in [0.5, 0.6) is 0 Å². The van der Waals surface area contributed by atoms with E-state index in [1.807, 2.05) is 7.05 Å². The molecular formula is C12H24N2O3. The Hall–Kier alpha value is -0.650. The number of hydrogen-bond donors (Lipinski definition) is 2. The van der Waals surface area contributed by atoms with Gasteiger partial charge < -0.3 is 20.1 Å². The molecule has 0 amide bonds. The minimum Gasteiger partial charge on any atom is -0.480 e. The van der Waals surface area contributed by atoms with Crippen LogP contribution in [0.1, 0.15) is 25.7 Å². The van der Waals surface area contributed by atoms with Gasteiger partial charge in [-0.2, -0.15) is 0 Å². The van der Waals surface area contributed by atoms with Gasteiger partial charge in [-0.3, -0.25) is 4.79 Å². The SMILES string of the molecule is COCCN(C)CCNC1(C(=O)O)CCCC1. The number of carbonyl (C=O) groups is 1. The van der Waals surface area contributed by atoms with E-state index in [1.165, 1.54) is 0 Å². The molecule has 0 aromatic rings. The number of methoxy groups -OCH3 is 1. The minimum atomic E-state index is -0.699. The summed E-state index contributed by atoms with van der Waals surface area (Å²) in [7, 11) is 3.70. The first kappa shape index (κ1) is 14.4. The molecule has 5 heteroatoms. The van der Waals surface area contributed by atoms with Crippen LogP contribution >= 0.6 is 0 Å². The Morgan fingerprint density at radius 1 is 1.41 bits per heavy atom. The molecule has 0 aromatic heterocycles. The van der Waals surface area contributed by atoms with Gasteiger partial charge in [0, 0.05) is 26.7 Å². The lowest BCUT2D eigenvalue weighted by Gasteiger charge is -2.27. The average molecular weight is 244 g/mol. The summed E-state index contributed by atoms with van der Waals surface area (Å²) in [5, 5.41) is 12.5. The highest BCUT2D eigenvalue weighted by atomic mass is 16.5. The standard InChI is InChI=1S/C12H24N2O3/c1-14(9-10-17-2)8-7-13-12(11(15)16)5-3-4-6-12/h13H,3-10H2,1-2H3,(H,15,16). The molecule has 0 heterocycles. The molecule has 1 rings (SSSR count). The number of likely N-dealkylation sites (N-methyl/N-ethyl adjacent to an activating group) is 1. The van der Waals surface area contributed by atoms with Gasteiger partial charge in [0.2, 0.25) is 0 Å². The highest BCUT2D eigenvalue weighted by molar-refractivity contribution is 5.79. The van der Waals surface area contributed by atoms with Crippen LogP contribution in [0.15, 0.2) is 0 Å². The Kier molecular flexibility index (Phi) is 5.88. The molecule has 0 saturated heterocycles. The van der Waals surface area contributed by atoms with Crippen molar-refractivity contribution in [1.82, 2.24) is 10.2 Å². The number of carboxylic acid groups (broad SMARTS) is 1. The summed E-state index contributed by atoms with van der Waals surface area (Å²) >= 11 is 0. The molecule has 0 unspecified atom stereocenters. The van der Waals surface area contributed by atoms with Crippen molar-refractivity contribution in [2.45, 2.75) is 31.2 Å². The summed E-state index contributed by atoms with van der Waals surface area (Å²) < 4.78 is 4.99.